The van der Waals surface area contributed by atoms with Crippen molar-refractivity contribution in [3.63, 3.8) is 0 Å². The number of aliphatic hydroxyl groups is 4. The van der Waals surface area contributed by atoms with Gasteiger partial charge in [0.05, 0.1) is 6.61 Å². The molecule has 7 nitrogen and oxygen atoms in total. The zero-order valence-corrected chi connectivity index (χ0v) is 9.24. The van der Waals surface area contributed by atoms with E-state index < -0.39 is 37.0 Å². The third kappa shape index (κ3) is 2.51. The van der Waals surface area contributed by atoms with Gasteiger partial charge in [-0.05, 0) is 6.92 Å². The van der Waals surface area contributed by atoms with Crippen molar-refractivity contribution < 1.29 is 34.6 Å². The van der Waals surface area contributed by atoms with Crippen LogP contribution in [0.15, 0.2) is 0 Å². The summed E-state index contributed by atoms with van der Waals surface area (Å²) in [4.78, 5) is 0. The average molecular weight is 238 g/mol. The van der Waals surface area contributed by atoms with Crippen LogP contribution >= 0.6 is 0 Å². The SMILES string of the molecule is CCOC1O[C@@H](C(O)(O)CO)[C@H](O)[C@H]1OC. The fourth-order valence-electron chi connectivity index (χ4n) is 1.66. The lowest BCUT2D eigenvalue weighted by molar-refractivity contribution is -0.279. The molecule has 0 spiro atoms. The van der Waals surface area contributed by atoms with Gasteiger partial charge in [0.2, 0.25) is 5.79 Å². The van der Waals surface area contributed by atoms with E-state index in [9.17, 15) is 15.3 Å². The van der Waals surface area contributed by atoms with E-state index in [0.717, 1.165) is 0 Å². The van der Waals surface area contributed by atoms with Gasteiger partial charge < -0.3 is 34.6 Å². The third-order valence-corrected chi connectivity index (χ3v) is 2.49. The lowest BCUT2D eigenvalue weighted by atomic mass is 10.0. The average Bonchev–Trinajstić information content (AvgIpc) is 2.56. The van der Waals surface area contributed by atoms with Crippen LogP contribution in [0.3, 0.4) is 0 Å². The van der Waals surface area contributed by atoms with Gasteiger partial charge in [0.15, 0.2) is 6.29 Å². The Morgan fingerprint density at radius 1 is 1.38 bits per heavy atom. The normalized spacial score (nSPS) is 35.6. The molecule has 0 aromatic rings. The van der Waals surface area contributed by atoms with Gasteiger partial charge in [-0.2, -0.15) is 0 Å². The van der Waals surface area contributed by atoms with Crippen LogP contribution in [-0.2, 0) is 14.2 Å². The number of rotatable bonds is 5. The number of aliphatic hydroxyl groups excluding tert-OH is 2. The predicted octanol–water partition coefficient (Wildman–Crippen LogP) is -2.20. The first kappa shape index (κ1) is 13.8. The van der Waals surface area contributed by atoms with Crippen molar-refractivity contribution in [3.8, 4) is 0 Å². The first-order valence-corrected chi connectivity index (χ1v) is 5.01. The van der Waals surface area contributed by atoms with Crippen LogP contribution in [0.4, 0.5) is 0 Å². The van der Waals surface area contributed by atoms with E-state index in [1.165, 1.54) is 7.11 Å². The van der Waals surface area contributed by atoms with Gasteiger partial charge in [0.25, 0.3) is 0 Å². The second kappa shape index (κ2) is 5.37. The van der Waals surface area contributed by atoms with E-state index in [1.807, 2.05) is 0 Å². The van der Waals surface area contributed by atoms with Crippen LogP contribution in [0, 0.1) is 0 Å². The van der Waals surface area contributed by atoms with Crippen molar-refractivity contribution in [2.45, 2.75) is 37.3 Å². The van der Waals surface area contributed by atoms with Crippen LogP contribution in [0.2, 0.25) is 0 Å². The quantitative estimate of drug-likeness (QED) is 0.402. The van der Waals surface area contributed by atoms with Crippen LogP contribution in [0.1, 0.15) is 6.92 Å². The molecule has 0 aliphatic carbocycles. The second-order valence-corrected chi connectivity index (χ2v) is 3.61. The summed E-state index contributed by atoms with van der Waals surface area (Å²) in [5.74, 6) is -2.53. The minimum Gasteiger partial charge on any atom is -0.391 e. The standard InChI is InChI=1S/C9H18O7/c1-3-15-8-6(14-2)5(11)7(16-8)9(12,13)4-10/h5-8,10-13H,3-4H2,1-2H3/t5-,6-,7-,8?/m1/s1. The summed E-state index contributed by atoms with van der Waals surface area (Å²) in [5, 5.41) is 37.3. The highest BCUT2D eigenvalue weighted by molar-refractivity contribution is 4.94. The fraction of sp³-hybridized carbons (Fsp3) is 1.00. The summed E-state index contributed by atoms with van der Waals surface area (Å²) in [6.07, 6.45) is -4.38. The van der Waals surface area contributed by atoms with E-state index in [1.54, 1.807) is 6.92 Å². The van der Waals surface area contributed by atoms with Crippen molar-refractivity contribution in [3.05, 3.63) is 0 Å². The van der Waals surface area contributed by atoms with Gasteiger partial charge >= 0.3 is 0 Å². The number of ether oxygens (including phenoxy) is 3. The summed E-state index contributed by atoms with van der Waals surface area (Å²) in [7, 11) is 1.35. The smallest absolute Gasteiger partial charge is 0.216 e. The Balaban J connectivity index is 2.77. The van der Waals surface area contributed by atoms with Crippen LogP contribution < -0.4 is 0 Å². The maximum atomic E-state index is 9.75. The molecule has 96 valence electrons. The number of hydrogen-bond acceptors (Lipinski definition) is 7. The van der Waals surface area contributed by atoms with Gasteiger partial charge in [-0.3, -0.25) is 0 Å². The molecule has 0 saturated carbocycles. The molecule has 16 heavy (non-hydrogen) atoms. The molecule has 1 saturated heterocycles. The van der Waals surface area contributed by atoms with E-state index in [0.29, 0.717) is 6.61 Å². The van der Waals surface area contributed by atoms with Crippen molar-refractivity contribution in [2.75, 3.05) is 20.3 Å². The highest BCUT2D eigenvalue weighted by Gasteiger charge is 2.53. The fourth-order valence-corrected chi connectivity index (χ4v) is 1.66. The van der Waals surface area contributed by atoms with Crippen LogP contribution in [0.5, 0.6) is 0 Å². The molecule has 0 bridgehead atoms. The summed E-state index contributed by atoms with van der Waals surface area (Å²) >= 11 is 0. The molecule has 1 fully saturated rings. The molecule has 0 amide bonds. The molecule has 1 aliphatic rings. The molecular weight excluding hydrogens is 220 g/mol. The van der Waals surface area contributed by atoms with E-state index in [4.69, 9.17) is 19.3 Å². The van der Waals surface area contributed by atoms with Crippen molar-refractivity contribution in [1.29, 1.82) is 0 Å². The Morgan fingerprint density at radius 3 is 2.44 bits per heavy atom. The molecule has 4 N–H and O–H groups in total. The minimum atomic E-state index is -2.53. The number of methoxy groups -OCH3 is 1. The first-order valence-electron chi connectivity index (χ1n) is 5.01. The Kier molecular flexibility index (Phi) is 4.62. The summed E-state index contributed by atoms with van der Waals surface area (Å²) in [6.45, 7) is 1.10. The summed E-state index contributed by atoms with van der Waals surface area (Å²) in [6, 6.07) is 0. The largest absolute Gasteiger partial charge is 0.391 e. The highest BCUT2D eigenvalue weighted by atomic mass is 16.7. The number of hydrogen-bond donors (Lipinski definition) is 4. The molecule has 0 radical (unpaired) electrons. The summed E-state index contributed by atoms with van der Waals surface area (Å²) in [5.41, 5.74) is 0. The molecule has 0 aromatic heterocycles. The Morgan fingerprint density at radius 2 is 2.00 bits per heavy atom. The first-order chi connectivity index (χ1) is 7.47. The van der Waals surface area contributed by atoms with E-state index in [-0.39, 0.29) is 0 Å². The Hall–Kier alpha value is -0.280. The van der Waals surface area contributed by atoms with Crippen molar-refractivity contribution >= 4 is 0 Å². The molecule has 4 atom stereocenters. The lowest BCUT2D eigenvalue weighted by Gasteiger charge is -2.27. The molecule has 0 aromatic carbocycles. The lowest BCUT2D eigenvalue weighted by Crippen LogP contribution is -2.52. The van der Waals surface area contributed by atoms with Crippen molar-refractivity contribution in [1.82, 2.24) is 0 Å². The maximum Gasteiger partial charge on any atom is 0.216 e. The monoisotopic (exact) mass is 238 g/mol. The molecule has 1 unspecified atom stereocenters. The predicted molar refractivity (Wildman–Crippen MR) is 51.3 cm³/mol. The molecule has 1 rings (SSSR count). The molecular formula is C9H18O7. The highest BCUT2D eigenvalue weighted by Crippen LogP contribution is 2.30. The van der Waals surface area contributed by atoms with Crippen LogP contribution in [-0.4, -0.2) is 71.1 Å². The van der Waals surface area contributed by atoms with E-state index >= 15 is 0 Å². The Labute approximate surface area is 93.2 Å². The van der Waals surface area contributed by atoms with Crippen LogP contribution in [0.25, 0.3) is 0 Å². The second-order valence-electron chi connectivity index (χ2n) is 3.61. The molecule has 7 heteroatoms. The van der Waals surface area contributed by atoms with Gasteiger partial charge in [0.1, 0.15) is 18.3 Å². The molecule has 1 aliphatic heterocycles. The van der Waals surface area contributed by atoms with E-state index in [2.05, 4.69) is 0 Å². The zero-order chi connectivity index (χ0) is 12.3. The topological polar surface area (TPSA) is 109 Å². The van der Waals surface area contributed by atoms with Gasteiger partial charge in [0, 0.05) is 13.7 Å². The van der Waals surface area contributed by atoms with Crippen molar-refractivity contribution in [2.24, 2.45) is 0 Å². The maximum absolute atomic E-state index is 9.75. The zero-order valence-electron chi connectivity index (χ0n) is 9.24. The summed E-state index contributed by atoms with van der Waals surface area (Å²) < 4.78 is 15.2. The third-order valence-electron chi connectivity index (χ3n) is 2.49. The van der Waals surface area contributed by atoms with Gasteiger partial charge in [-0.15, -0.1) is 0 Å². The minimum absolute atomic E-state index is 0.326. The van der Waals surface area contributed by atoms with Gasteiger partial charge in [-0.1, -0.05) is 0 Å². The Bertz CT molecular complexity index is 220. The van der Waals surface area contributed by atoms with Gasteiger partial charge in [-0.25, -0.2) is 0 Å². The molecule has 1 heterocycles.